The zero-order chi connectivity index (χ0) is 12.3. The maximum atomic E-state index is 5.89. The maximum Gasteiger partial charge on any atom is 0.189 e. The van der Waals surface area contributed by atoms with Gasteiger partial charge in [0.15, 0.2) is 5.96 Å². The number of imidazole rings is 1. The molecule has 0 saturated heterocycles. The van der Waals surface area contributed by atoms with E-state index < -0.39 is 0 Å². The Bertz CT molecular complexity index is 395. The summed E-state index contributed by atoms with van der Waals surface area (Å²) in [5.41, 5.74) is 5.89. The molecular formula is C12H21N5. The van der Waals surface area contributed by atoms with Crippen LogP contribution in [0.2, 0.25) is 0 Å². The fourth-order valence-electron chi connectivity index (χ4n) is 2.03. The second kappa shape index (κ2) is 5.21. The van der Waals surface area contributed by atoms with Crippen molar-refractivity contribution in [3.8, 4) is 0 Å². The van der Waals surface area contributed by atoms with Gasteiger partial charge in [-0.05, 0) is 19.8 Å². The Morgan fingerprint density at radius 2 is 2.59 bits per heavy atom. The highest BCUT2D eigenvalue weighted by Crippen LogP contribution is 2.15. The highest BCUT2D eigenvalue weighted by atomic mass is 15.1. The summed E-state index contributed by atoms with van der Waals surface area (Å²) >= 11 is 0. The van der Waals surface area contributed by atoms with Crippen LogP contribution in [-0.2, 0) is 13.0 Å². The molecule has 2 atom stereocenters. The minimum Gasteiger partial charge on any atom is -0.370 e. The zero-order valence-electron chi connectivity index (χ0n) is 10.6. The van der Waals surface area contributed by atoms with Crippen LogP contribution in [-0.4, -0.2) is 27.6 Å². The summed E-state index contributed by atoms with van der Waals surface area (Å²) in [5, 5.41) is 3.20. The molecular weight excluding hydrogens is 214 g/mol. The minimum absolute atomic E-state index is 0.265. The summed E-state index contributed by atoms with van der Waals surface area (Å²) in [5.74, 6) is 1.67. The van der Waals surface area contributed by atoms with Crippen molar-refractivity contribution >= 4 is 5.96 Å². The van der Waals surface area contributed by atoms with Crippen molar-refractivity contribution in [2.24, 2.45) is 10.7 Å². The van der Waals surface area contributed by atoms with E-state index in [1.807, 2.05) is 12.4 Å². The number of rotatable bonds is 3. The smallest absolute Gasteiger partial charge is 0.189 e. The monoisotopic (exact) mass is 235 g/mol. The highest BCUT2D eigenvalue weighted by Gasteiger charge is 2.18. The van der Waals surface area contributed by atoms with Crippen LogP contribution < -0.4 is 11.1 Å². The number of hydrogen-bond donors (Lipinski definition) is 2. The second-order valence-electron chi connectivity index (χ2n) is 4.65. The summed E-state index contributed by atoms with van der Waals surface area (Å²) < 4.78 is 2.18. The Kier molecular flexibility index (Phi) is 3.66. The van der Waals surface area contributed by atoms with Gasteiger partial charge in [-0.2, -0.15) is 0 Å². The SMILES string of the molecule is CCC(C)NC(N)=NC1CCn2ccnc2C1. The molecule has 0 amide bonds. The van der Waals surface area contributed by atoms with Gasteiger partial charge in [0.05, 0.1) is 6.04 Å². The number of aryl methyl sites for hydroxylation is 1. The van der Waals surface area contributed by atoms with Gasteiger partial charge >= 0.3 is 0 Å². The molecule has 5 heteroatoms. The average molecular weight is 235 g/mol. The first-order valence-corrected chi connectivity index (χ1v) is 6.29. The van der Waals surface area contributed by atoms with Crippen LogP contribution in [0, 0.1) is 0 Å². The van der Waals surface area contributed by atoms with Gasteiger partial charge in [-0.1, -0.05) is 6.92 Å². The van der Waals surface area contributed by atoms with E-state index >= 15 is 0 Å². The zero-order valence-corrected chi connectivity index (χ0v) is 10.6. The lowest BCUT2D eigenvalue weighted by Crippen LogP contribution is -2.39. The van der Waals surface area contributed by atoms with Crippen LogP contribution in [0.1, 0.15) is 32.5 Å². The first kappa shape index (κ1) is 12.0. The molecule has 1 aliphatic rings. The van der Waals surface area contributed by atoms with Gasteiger partial charge in [-0.3, -0.25) is 0 Å². The molecule has 5 nitrogen and oxygen atoms in total. The number of nitrogens with zero attached hydrogens (tertiary/aromatic N) is 3. The minimum atomic E-state index is 0.265. The molecule has 0 saturated carbocycles. The van der Waals surface area contributed by atoms with E-state index in [0.29, 0.717) is 12.0 Å². The van der Waals surface area contributed by atoms with E-state index in [0.717, 1.165) is 31.6 Å². The number of aromatic nitrogens is 2. The summed E-state index contributed by atoms with van der Waals surface area (Å²) in [7, 11) is 0. The number of hydrogen-bond acceptors (Lipinski definition) is 2. The predicted molar refractivity (Wildman–Crippen MR) is 68.8 cm³/mol. The summed E-state index contributed by atoms with van der Waals surface area (Å²) in [6.07, 6.45) is 6.84. The van der Waals surface area contributed by atoms with Crippen molar-refractivity contribution in [3.63, 3.8) is 0 Å². The fourth-order valence-corrected chi connectivity index (χ4v) is 2.03. The Balaban J connectivity index is 1.94. The normalized spacial score (nSPS) is 22.0. The van der Waals surface area contributed by atoms with Gasteiger partial charge in [-0.25, -0.2) is 9.98 Å². The molecule has 0 spiro atoms. The average Bonchev–Trinajstić information content (AvgIpc) is 2.75. The maximum absolute atomic E-state index is 5.89. The quantitative estimate of drug-likeness (QED) is 0.604. The molecule has 2 heterocycles. The Labute approximate surface area is 102 Å². The topological polar surface area (TPSA) is 68.2 Å². The van der Waals surface area contributed by atoms with Gasteiger partial charge in [-0.15, -0.1) is 0 Å². The van der Waals surface area contributed by atoms with E-state index in [1.165, 1.54) is 0 Å². The van der Waals surface area contributed by atoms with Gasteiger partial charge < -0.3 is 15.6 Å². The first-order chi connectivity index (χ1) is 8.19. The number of fused-ring (bicyclic) bond motifs is 1. The van der Waals surface area contributed by atoms with Crippen molar-refractivity contribution in [2.75, 3.05) is 0 Å². The summed E-state index contributed by atoms with van der Waals surface area (Å²) in [6, 6.07) is 0.644. The van der Waals surface area contributed by atoms with Crippen LogP contribution in [0.25, 0.3) is 0 Å². The van der Waals surface area contributed by atoms with Crippen LogP contribution in [0.15, 0.2) is 17.4 Å². The molecule has 2 rings (SSSR count). The molecule has 0 fully saturated rings. The van der Waals surface area contributed by atoms with Crippen molar-refractivity contribution in [3.05, 3.63) is 18.2 Å². The van der Waals surface area contributed by atoms with Gasteiger partial charge in [0.1, 0.15) is 5.82 Å². The van der Waals surface area contributed by atoms with Crippen molar-refractivity contribution in [1.82, 2.24) is 14.9 Å². The lowest BCUT2D eigenvalue weighted by Gasteiger charge is -2.21. The largest absolute Gasteiger partial charge is 0.370 e. The lowest BCUT2D eigenvalue weighted by molar-refractivity contribution is 0.462. The molecule has 3 N–H and O–H groups in total. The third kappa shape index (κ3) is 2.99. The number of aliphatic imine (C=N–C) groups is 1. The van der Waals surface area contributed by atoms with Crippen LogP contribution in [0.4, 0.5) is 0 Å². The van der Waals surface area contributed by atoms with E-state index in [4.69, 9.17) is 5.73 Å². The molecule has 0 bridgehead atoms. The Morgan fingerprint density at radius 3 is 3.35 bits per heavy atom. The standard InChI is InChI=1S/C12H21N5/c1-3-9(2)15-12(13)16-10-4-6-17-7-5-14-11(17)8-10/h5,7,9-10H,3-4,6,8H2,1-2H3,(H3,13,15,16). The van der Waals surface area contributed by atoms with Crippen LogP contribution in [0.5, 0.6) is 0 Å². The molecule has 0 aliphatic carbocycles. The summed E-state index contributed by atoms with van der Waals surface area (Å²) in [4.78, 5) is 8.86. The molecule has 2 unspecified atom stereocenters. The molecule has 1 aromatic heterocycles. The molecule has 0 aromatic carbocycles. The first-order valence-electron chi connectivity index (χ1n) is 6.29. The van der Waals surface area contributed by atoms with Gasteiger partial charge in [0, 0.05) is 31.4 Å². The fraction of sp³-hybridized carbons (Fsp3) is 0.667. The molecule has 17 heavy (non-hydrogen) atoms. The highest BCUT2D eigenvalue weighted by molar-refractivity contribution is 5.78. The van der Waals surface area contributed by atoms with Crippen LogP contribution >= 0.6 is 0 Å². The van der Waals surface area contributed by atoms with Gasteiger partial charge in [0.25, 0.3) is 0 Å². The summed E-state index contributed by atoms with van der Waals surface area (Å²) in [6.45, 7) is 5.22. The second-order valence-corrected chi connectivity index (χ2v) is 4.65. The van der Waals surface area contributed by atoms with Crippen molar-refractivity contribution < 1.29 is 0 Å². The Morgan fingerprint density at radius 1 is 1.76 bits per heavy atom. The van der Waals surface area contributed by atoms with Crippen molar-refractivity contribution in [2.45, 2.75) is 51.7 Å². The van der Waals surface area contributed by atoms with Crippen molar-refractivity contribution in [1.29, 1.82) is 0 Å². The molecule has 94 valence electrons. The predicted octanol–water partition coefficient (Wildman–Crippen LogP) is 0.901. The number of nitrogens with two attached hydrogens (primary N) is 1. The number of nitrogens with one attached hydrogen (secondary N) is 1. The molecule has 1 aromatic rings. The van der Waals surface area contributed by atoms with E-state index in [1.54, 1.807) is 0 Å². The van der Waals surface area contributed by atoms with E-state index in [-0.39, 0.29) is 6.04 Å². The molecule has 1 aliphatic heterocycles. The van der Waals surface area contributed by atoms with E-state index in [2.05, 4.69) is 33.7 Å². The lowest BCUT2D eigenvalue weighted by atomic mass is 10.1. The molecule has 0 radical (unpaired) electrons. The van der Waals surface area contributed by atoms with Crippen LogP contribution in [0.3, 0.4) is 0 Å². The number of guanidine groups is 1. The van der Waals surface area contributed by atoms with Gasteiger partial charge in [0.2, 0.25) is 0 Å². The Hall–Kier alpha value is -1.52. The van der Waals surface area contributed by atoms with E-state index in [9.17, 15) is 0 Å². The third-order valence-corrected chi connectivity index (χ3v) is 3.25. The third-order valence-electron chi connectivity index (χ3n) is 3.25.